The van der Waals surface area contributed by atoms with Crippen molar-refractivity contribution in [2.45, 2.75) is 39.3 Å². The highest BCUT2D eigenvalue weighted by atomic mass is 79.9. The Bertz CT molecular complexity index is 685. The third kappa shape index (κ3) is 4.88. The first-order chi connectivity index (χ1) is 11.5. The van der Waals surface area contributed by atoms with Gasteiger partial charge in [0.05, 0.1) is 12.2 Å². The van der Waals surface area contributed by atoms with Crippen molar-refractivity contribution in [1.29, 1.82) is 0 Å². The molecule has 1 amide bonds. The summed E-state index contributed by atoms with van der Waals surface area (Å²) in [6, 6.07) is 8.27. The first-order valence-electron chi connectivity index (χ1n) is 8.17. The average Bonchev–Trinajstić information content (AvgIpc) is 2.95. The van der Waals surface area contributed by atoms with Crippen molar-refractivity contribution in [1.82, 2.24) is 25.6 Å². The Morgan fingerprint density at radius 3 is 2.88 bits per heavy atom. The number of benzene rings is 1. The van der Waals surface area contributed by atoms with Gasteiger partial charge < -0.3 is 10.6 Å². The van der Waals surface area contributed by atoms with Gasteiger partial charge >= 0.3 is 0 Å². The number of nitrogens with one attached hydrogen (secondary N) is 2. The molecule has 0 spiro atoms. The summed E-state index contributed by atoms with van der Waals surface area (Å²) in [7, 11) is 1.87. The van der Waals surface area contributed by atoms with Crippen LogP contribution < -0.4 is 10.6 Å². The minimum atomic E-state index is -0.166. The van der Waals surface area contributed by atoms with Crippen LogP contribution in [0.5, 0.6) is 0 Å². The molecule has 0 aliphatic carbocycles. The molecule has 1 unspecified atom stereocenters. The molecular weight excluding hydrogens is 370 g/mol. The van der Waals surface area contributed by atoms with Crippen molar-refractivity contribution < 1.29 is 4.79 Å². The number of amides is 1. The molecule has 2 rings (SSSR count). The minimum Gasteiger partial charge on any atom is -0.349 e. The molecule has 1 aromatic carbocycles. The standard InChI is InChI=1S/C17H24BrN5O/c1-4-6-15-16(17(24)20-10-12(2)19-3)21-22-23(15)11-13-7-5-8-14(18)9-13/h5,7-9,12,19H,4,6,10-11H2,1-3H3,(H,20,24). The summed E-state index contributed by atoms with van der Waals surface area (Å²) < 4.78 is 2.85. The van der Waals surface area contributed by atoms with Gasteiger partial charge in [0.1, 0.15) is 0 Å². The molecular formula is C17H24BrN5O. The normalized spacial score (nSPS) is 12.2. The molecule has 0 saturated carbocycles. The van der Waals surface area contributed by atoms with Crippen LogP contribution in [-0.2, 0) is 13.0 Å². The monoisotopic (exact) mass is 393 g/mol. The van der Waals surface area contributed by atoms with Crippen LogP contribution in [-0.4, -0.2) is 40.5 Å². The summed E-state index contributed by atoms with van der Waals surface area (Å²) in [4.78, 5) is 12.4. The lowest BCUT2D eigenvalue weighted by Gasteiger charge is -2.11. The number of hydrogen-bond donors (Lipinski definition) is 2. The number of nitrogens with zero attached hydrogens (tertiary/aromatic N) is 3. The van der Waals surface area contributed by atoms with Crippen LogP contribution in [0, 0.1) is 0 Å². The second kappa shape index (κ2) is 8.94. The van der Waals surface area contributed by atoms with Gasteiger partial charge in [0.2, 0.25) is 0 Å². The van der Waals surface area contributed by atoms with Crippen LogP contribution in [0.2, 0.25) is 0 Å². The third-order valence-electron chi connectivity index (χ3n) is 3.82. The van der Waals surface area contributed by atoms with Gasteiger partial charge in [-0.1, -0.05) is 46.6 Å². The smallest absolute Gasteiger partial charge is 0.273 e. The first kappa shape index (κ1) is 18.6. The third-order valence-corrected chi connectivity index (χ3v) is 4.32. The van der Waals surface area contributed by atoms with Crippen molar-refractivity contribution in [2.24, 2.45) is 0 Å². The van der Waals surface area contributed by atoms with Gasteiger partial charge in [0.15, 0.2) is 5.69 Å². The number of halogens is 1. The first-order valence-corrected chi connectivity index (χ1v) is 8.96. The lowest BCUT2D eigenvalue weighted by molar-refractivity contribution is 0.0944. The predicted molar refractivity (Wildman–Crippen MR) is 98.1 cm³/mol. The number of carbonyl (C=O) groups is 1. The van der Waals surface area contributed by atoms with Crippen molar-refractivity contribution in [3.63, 3.8) is 0 Å². The van der Waals surface area contributed by atoms with E-state index in [4.69, 9.17) is 0 Å². The van der Waals surface area contributed by atoms with Gasteiger partial charge in [-0.3, -0.25) is 4.79 Å². The molecule has 0 aliphatic rings. The lowest BCUT2D eigenvalue weighted by Crippen LogP contribution is -2.37. The molecule has 1 heterocycles. The Balaban J connectivity index is 2.18. The summed E-state index contributed by atoms with van der Waals surface area (Å²) in [5.41, 5.74) is 2.42. The summed E-state index contributed by atoms with van der Waals surface area (Å²) >= 11 is 3.48. The van der Waals surface area contributed by atoms with E-state index in [1.165, 1.54) is 0 Å². The fourth-order valence-corrected chi connectivity index (χ4v) is 2.81. The highest BCUT2D eigenvalue weighted by Crippen LogP contribution is 2.15. The molecule has 0 saturated heterocycles. The van der Waals surface area contributed by atoms with Gasteiger partial charge in [-0.15, -0.1) is 5.10 Å². The van der Waals surface area contributed by atoms with Crippen LogP contribution in [0.3, 0.4) is 0 Å². The van der Waals surface area contributed by atoms with Gasteiger partial charge in [0, 0.05) is 17.1 Å². The van der Waals surface area contributed by atoms with Crippen LogP contribution in [0.15, 0.2) is 28.7 Å². The summed E-state index contributed by atoms with van der Waals surface area (Å²) in [6.07, 6.45) is 1.70. The molecule has 2 N–H and O–H groups in total. The average molecular weight is 394 g/mol. The molecule has 7 heteroatoms. The summed E-state index contributed by atoms with van der Waals surface area (Å²) in [5, 5.41) is 14.3. The molecule has 0 bridgehead atoms. The fourth-order valence-electron chi connectivity index (χ4n) is 2.36. The zero-order chi connectivity index (χ0) is 17.5. The maximum absolute atomic E-state index is 12.4. The number of hydrogen-bond acceptors (Lipinski definition) is 4. The largest absolute Gasteiger partial charge is 0.349 e. The maximum Gasteiger partial charge on any atom is 0.273 e. The zero-order valence-electron chi connectivity index (χ0n) is 14.3. The van der Waals surface area contributed by atoms with E-state index < -0.39 is 0 Å². The Labute approximate surface area is 151 Å². The van der Waals surface area contributed by atoms with Gasteiger partial charge in [-0.05, 0) is 38.1 Å². The number of likely N-dealkylation sites (N-methyl/N-ethyl adjacent to an activating group) is 1. The van der Waals surface area contributed by atoms with E-state index in [1.54, 1.807) is 0 Å². The number of aromatic nitrogens is 3. The van der Waals surface area contributed by atoms with Crippen LogP contribution in [0.1, 0.15) is 42.0 Å². The Kier molecular flexibility index (Phi) is 6.93. The summed E-state index contributed by atoms with van der Waals surface area (Å²) in [5.74, 6) is -0.166. The SMILES string of the molecule is CCCc1c(C(=O)NCC(C)NC)nnn1Cc1cccc(Br)c1. The summed E-state index contributed by atoms with van der Waals surface area (Å²) in [6.45, 7) is 5.25. The molecule has 0 radical (unpaired) electrons. The highest BCUT2D eigenvalue weighted by molar-refractivity contribution is 9.10. The van der Waals surface area contributed by atoms with E-state index in [2.05, 4.69) is 43.8 Å². The van der Waals surface area contributed by atoms with E-state index in [9.17, 15) is 4.79 Å². The van der Waals surface area contributed by atoms with Gasteiger partial charge in [-0.2, -0.15) is 0 Å². The topological polar surface area (TPSA) is 71.8 Å². The maximum atomic E-state index is 12.4. The Morgan fingerprint density at radius 1 is 1.42 bits per heavy atom. The van der Waals surface area contributed by atoms with Gasteiger partial charge in [-0.25, -0.2) is 4.68 Å². The molecule has 1 aromatic heterocycles. The number of rotatable bonds is 8. The number of carbonyl (C=O) groups excluding carboxylic acids is 1. The van der Waals surface area contributed by atoms with Crippen molar-refractivity contribution in [3.8, 4) is 0 Å². The minimum absolute atomic E-state index is 0.166. The van der Waals surface area contributed by atoms with Crippen LogP contribution in [0.25, 0.3) is 0 Å². The molecule has 1 atom stereocenters. The molecule has 130 valence electrons. The molecule has 24 heavy (non-hydrogen) atoms. The van der Waals surface area contributed by atoms with E-state index in [1.807, 2.05) is 42.9 Å². The second-order valence-electron chi connectivity index (χ2n) is 5.82. The van der Waals surface area contributed by atoms with Crippen LogP contribution in [0.4, 0.5) is 0 Å². The predicted octanol–water partition coefficient (Wildman–Crippen LogP) is 2.38. The quantitative estimate of drug-likeness (QED) is 0.721. The van der Waals surface area contributed by atoms with E-state index in [0.717, 1.165) is 28.6 Å². The highest BCUT2D eigenvalue weighted by Gasteiger charge is 2.19. The van der Waals surface area contributed by atoms with Gasteiger partial charge in [0.25, 0.3) is 5.91 Å². The molecule has 6 nitrogen and oxygen atoms in total. The van der Waals surface area contributed by atoms with E-state index in [-0.39, 0.29) is 11.9 Å². The molecule has 2 aromatic rings. The van der Waals surface area contributed by atoms with Crippen molar-refractivity contribution >= 4 is 21.8 Å². The van der Waals surface area contributed by atoms with Crippen molar-refractivity contribution in [2.75, 3.05) is 13.6 Å². The van der Waals surface area contributed by atoms with E-state index in [0.29, 0.717) is 18.8 Å². The fraction of sp³-hybridized carbons (Fsp3) is 0.471. The molecule has 0 fully saturated rings. The Hall–Kier alpha value is -1.73. The second-order valence-corrected chi connectivity index (χ2v) is 6.74. The van der Waals surface area contributed by atoms with E-state index >= 15 is 0 Å². The molecule has 0 aliphatic heterocycles. The van der Waals surface area contributed by atoms with Crippen molar-refractivity contribution in [3.05, 3.63) is 45.7 Å². The lowest BCUT2D eigenvalue weighted by atomic mass is 10.1. The Morgan fingerprint density at radius 2 is 2.21 bits per heavy atom. The zero-order valence-corrected chi connectivity index (χ0v) is 15.9. The van der Waals surface area contributed by atoms with Crippen LogP contribution >= 0.6 is 15.9 Å².